The Balaban J connectivity index is 0. The minimum atomic E-state index is -1.58. The minimum absolute atomic E-state index is 0. The SMILES string of the molecule is C=C[SiH]1CCCCO1.C=C[Si](C)(C)O[Si](C)(C)C=C.[Pt]. The van der Waals surface area contributed by atoms with E-state index in [4.69, 9.17) is 8.54 Å². The summed E-state index contributed by atoms with van der Waals surface area (Å²) in [5.74, 6) is 0. The van der Waals surface area contributed by atoms with E-state index < -0.39 is 25.7 Å². The van der Waals surface area contributed by atoms with Crippen molar-refractivity contribution < 1.29 is 29.6 Å². The second-order valence-electron chi connectivity index (χ2n) is 5.86. The fourth-order valence-corrected chi connectivity index (χ4v) is 9.50. The first-order valence-electron chi connectivity index (χ1n) is 6.98. The topological polar surface area (TPSA) is 18.5 Å². The molecule has 1 aliphatic rings. The normalized spacial score (nSPS) is 18.9. The number of hydrogen-bond acceptors (Lipinski definition) is 2. The summed E-state index contributed by atoms with van der Waals surface area (Å²) in [6.45, 7) is 20.9. The first-order chi connectivity index (χ1) is 8.76. The van der Waals surface area contributed by atoms with Gasteiger partial charge in [-0.05, 0) is 38.7 Å². The second-order valence-corrected chi connectivity index (χ2v) is 16.4. The van der Waals surface area contributed by atoms with Crippen LogP contribution in [0.2, 0.25) is 32.2 Å². The van der Waals surface area contributed by atoms with Crippen LogP contribution in [0.5, 0.6) is 0 Å². The van der Waals surface area contributed by atoms with E-state index in [1.165, 1.54) is 18.9 Å². The van der Waals surface area contributed by atoms with Crippen molar-refractivity contribution in [1.29, 1.82) is 0 Å². The van der Waals surface area contributed by atoms with Crippen LogP contribution in [0.25, 0.3) is 0 Å². The van der Waals surface area contributed by atoms with E-state index in [9.17, 15) is 0 Å². The van der Waals surface area contributed by atoms with Crippen molar-refractivity contribution in [3.63, 3.8) is 0 Å². The van der Waals surface area contributed by atoms with Crippen molar-refractivity contribution in [2.75, 3.05) is 6.61 Å². The Kier molecular flexibility index (Phi) is 12.6. The summed E-state index contributed by atoms with van der Waals surface area (Å²) >= 11 is 0. The first kappa shape index (κ1) is 22.8. The van der Waals surface area contributed by atoms with Gasteiger partial charge in [0.25, 0.3) is 0 Å². The standard InChI is InChI=1S/C8H18OSi2.C6H12OSi.Pt/c1-7-10(3,4)9-11(5,6)8-2;1-2-8-6-4-3-5-7-8;/h7-8H,1-2H2,3-6H3;2,8H,1,3-6H2;. The van der Waals surface area contributed by atoms with Gasteiger partial charge < -0.3 is 8.54 Å². The average Bonchev–Trinajstić information content (AvgIpc) is 2.39. The smallest absolute Gasteiger partial charge is 0.200 e. The van der Waals surface area contributed by atoms with Crippen LogP contribution in [0.1, 0.15) is 12.8 Å². The number of hydrogen-bond donors (Lipinski definition) is 0. The van der Waals surface area contributed by atoms with Gasteiger partial charge in [0, 0.05) is 27.7 Å². The molecule has 0 aromatic carbocycles. The molecule has 1 unspecified atom stereocenters. The Bertz CT molecular complexity index is 283. The average molecular weight is 510 g/mol. The van der Waals surface area contributed by atoms with Gasteiger partial charge in [0.1, 0.15) is 0 Å². The molecular formula is C14H30O2PtSi3. The fourth-order valence-electron chi connectivity index (χ4n) is 1.71. The van der Waals surface area contributed by atoms with Gasteiger partial charge in [0.15, 0.2) is 16.6 Å². The van der Waals surface area contributed by atoms with Gasteiger partial charge in [-0.15, -0.1) is 19.7 Å². The molecule has 1 atom stereocenters. The first-order valence-corrected chi connectivity index (χ1v) is 14.9. The summed E-state index contributed by atoms with van der Waals surface area (Å²) in [5, 5.41) is 0. The third-order valence-electron chi connectivity index (χ3n) is 2.99. The Morgan fingerprint density at radius 3 is 1.75 bits per heavy atom. The van der Waals surface area contributed by atoms with E-state index in [1.54, 1.807) is 0 Å². The van der Waals surface area contributed by atoms with Crippen molar-refractivity contribution in [3.05, 3.63) is 36.8 Å². The summed E-state index contributed by atoms with van der Waals surface area (Å²) < 4.78 is 11.4. The molecule has 0 spiro atoms. The van der Waals surface area contributed by atoms with Gasteiger partial charge in [0.2, 0.25) is 9.04 Å². The van der Waals surface area contributed by atoms with Gasteiger partial charge in [0.05, 0.1) is 0 Å². The molecule has 0 aromatic heterocycles. The zero-order valence-electron chi connectivity index (χ0n) is 13.4. The predicted octanol–water partition coefficient (Wildman–Crippen LogP) is 4.11. The van der Waals surface area contributed by atoms with Crippen molar-refractivity contribution in [2.45, 2.75) is 45.1 Å². The summed E-state index contributed by atoms with van der Waals surface area (Å²) in [5.41, 5.74) is 5.95. The Morgan fingerprint density at radius 1 is 1.00 bits per heavy atom. The van der Waals surface area contributed by atoms with Gasteiger partial charge >= 0.3 is 0 Å². The van der Waals surface area contributed by atoms with Gasteiger partial charge in [-0.3, -0.25) is 0 Å². The van der Waals surface area contributed by atoms with E-state index in [-0.39, 0.29) is 21.1 Å². The van der Waals surface area contributed by atoms with Crippen LogP contribution in [-0.4, -0.2) is 32.3 Å². The molecule has 1 rings (SSSR count). The maximum absolute atomic E-state index is 5.97. The molecule has 0 radical (unpaired) electrons. The molecule has 1 aliphatic heterocycles. The largest absolute Gasteiger partial charge is 0.449 e. The van der Waals surface area contributed by atoms with Crippen LogP contribution in [0.15, 0.2) is 36.8 Å². The molecule has 1 fully saturated rings. The van der Waals surface area contributed by atoms with E-state index >= 15 is 0 Å². The molecule has 0 aliphatic carbocycles. The van der Waals surface area contributed by atoms with Crippen molar-refractivity contribution >= 4 is 25.7 Å². The molecule has 2 nitrogen and oxygen atoms in total. The zero-order valence-corrected chi connectivity index (χ0v) is 18.8. The van der Waals surface area contributed by atoms with Crippen LogP contribution >= 0.6 is 0 Å². The van der Waals surface area contributed by atoms with E-state index in [1.807, 2.05) is 17.1 Å². The van der Waals surface area contributed by atoms with Crippen LogP contribution in [0, 0.1) is 0 Å². The fraction of sp³-hybridized carbons (Fsp3) is 0.571. The monoisotopic (exact) mass is 509 g/mol. The predicted molar refractivity (Wildman–Crippen MR) is 93.8 cm³/mol. The molecule has 6 heteroatoms. The molecule has 0 amide bonds. The molecule has 0 saturated carbocycles. The molecule has 120 valence electrons. The summed E-state index contributed by atoms with van der Waals surface area (Å²) in [6.07, 6.45) is 2.63. The molecule has 1 heterocycles. The Labute approximate surface area is 143 Å². The van der Waals surface area contributed by atoms with E-state index in [0.717, 1.165) is 6.61 Å². The molecule has 20 heavy (non-hydrogen) atoms. The summed E-state index contributed by atoms with van der Waals surface area (Å²) in [4.78, 5) is 0. The molecule has 0 N–H and O–H groups in total. The quantitative estimate of drug-likeness (QED) is 0.520. The van der Waals surface area contributed by atoms with Crippen molar-refractivity contribution in [3.8, 4) is 0 Å². The maximum Gasteiger partial charge on any atom is 0.200 e. The van der Waals surface area contributed by atoms with E-state index in [0.29, 0.717) is 0 Å². The molecule has 0 bridgehead atoms. The number of rotatable bonds is 5. The minimum Gasteiger partial charge on any atom is -0.449 e. The third-order valence-corrected chi connectivity index (χ3v) is 11.3. The molecular weight excluding hydrogens is 479 g/mol. The van der Waals surface area contributed by atoms with Gasteiger partial charge in [-0.1, -0.05) is 23.5 Å². The van der Waals surface area contributed by atoms with Crippen LogP contribution in [-0.2, 0) is 29.6 Å². The third kappa shape index (κ3) is 11.2. The van der Waals surface area contributed by atoms with Crippen LogP contribution in [0.4, 0.5) is 0 Å². The van der Waals surface area contributed by atoms with Crippen LogP contribution < -0.4 is 0 Å². The maximum atomic E-state index is 5.97. The Hall–Kier alpha value is 0.479. The van der Waals surface area contributed by atoms with Crippen molar-refractivity contribution in [2.24, 2.45) is 0 Å². The summed E-state index contributed by atoms with van der Waals surface area (Å²) in [7, 11) is -4.00. The molecule has 1 saturated heterocycles. The van der Waals surface area contributed by atoms with Gasteiger partial charge in [-0.25, -0.2) is 0 Å². The summed E-state index contributed by atoms with van der Waals surface area (Å²) in [6, 6.07) is 1.31. The second kappa shape index (κ2) is 11.1. The van der Waals surface area contributed by atoms with Crippen LogP contribution in [0.3, 0.4) is 0 Å². The van der Waals surface area contributed by atoms with Gasteiger partial charge in [-0.2, -0.15) is 0 Å². The molecule has 0 aromatic rings. The van der Waals surface area contributed by atoms with E-state index in [2.05, 4.69) is 45.9 Å². The zero-order chi connectivity index (χ0) is 14.9. The Morgan fingerprint density at radius 2 is 1.50 bits per heavy atom. The van der Waals surface area contributed by atoms with Crippen molar-refractivity contribution in [1.82, 2.24) is 0 Å².